The van der Waals surface area contributed by atoms with Gasteiger partial charge in [-0.25, -0.2) is 9.59 Å². The van der Waals surface area contributed by atoms with Crippen LogP contribution in [0.1, 0.15) is 31.9 Å². The molecule has 1 atom stereocenters. The number of ether oxygens (including phenoxy) is 1. The Morgan fingerprint density at radius 3 is 2.33 bits per heavy atom. The van der Waals surface area contributed by atoms with Crippen molar-refractivity contribution < 1.29 is 19.1 Å². The molecule has 3 amide bonds. The van der Waals surface area contributed by atoms with Crippen LogP contribution in [0.25, 0.3) is 6.08 Å². The summed E-state index contributed by atoms with van der Waals surface area (Å²) in [5, 5.41) is 13.3. The normalized spacial score (nSPS) is 11.6. The van der Waals surface area contributed by atoms with Gasteiger partial charge in [-0.15, -0.1) is 0 Å². The summed E-state index contributed by atoms with van der Waals surface area (Å²) in [7, 11) is 0. The van der Waals surface area contributed by atoms with Crippen LogP contribution in [0, 0.1) is 11.3 Å². The minimum Gasteiger partial charge on any atom is -0.449 e. The predicted molar refractivity (Wildman–Crippen MR) is 87.6 cm³/mol. The van der Waals surface area contributed by atoms with Crippen LogP contribution in [0.15, 0.2) is 30.3 Å². The van der Waals surface area contributed by atoms with E-state index in [1.54, 1.807) is 38.1 Å². The molecule has 0 spiro atoms. The molecule has 0 bridgehead atoms. The van der Waals surface area contributed by atoms with E-state index in [0.29, 0.717) is 11.1 Å². The number of rotatable bonds is 5. The van der Waals surface area contributed by atoms with Crippen LogP contribution in [-0.2, 0) is 14.3 Å². The summed E-state index contributed by atoms with van der Waals surface area (Å²) in [5.74, 6) is -1.43. The first kappa shape index (κ1) is 18.9. The number of esters is 1. The molecule has 0 aliphatic heterocycles. The molecular weight excluding hydrogens is 310 g/mol. The number of carbonyl (C=O) groups excluding carboxylic acids is 3. The molecule has 1 rings (SSSR count). The van der Waals surface area contributed by atoms with E-state index in [-0.39, 0.29) is 6.04 Å². The van der Waals surface area contributed by atoms with Crippen LogP contribution in [0.4, 0.5) is 4.79 Å². The van der Waals surface area contributed by atoms with E-state index in [1.165, 1.54) is 19.1 Å². The molecule has 1 aromatic carbocycles. The Bertz CT molecular complexity index is 672. The van der Waals surface area contributed by atoms with Gasteiger partial charge in [0.25, 0.3) is 5.91 Å². The summed E-state index contributed by atoms with van der Waals surface area (Å²) in [6, 6.07) is 7.81. The van der Waals surface area contributed by atoms with Gasteiger partial charge in [0, 0.05) is 12.1 Å². The topological polar surface area (TPSA) is 108 Å². The Morgan fingerprint density at radius 1 is 1.17 bits per heavy atom. The van der Waals surface area contributed by atoms with E-state index in [9.17, 15) is 14.4 Å². The fourth-order valence-corrected chi connectivity index (χ4v) is 1.61. The molecule has 0 aromatic heterocycles. The van der Waals surface area contributed by atoms with Crippen LogP contribution in [0.5, 0.6) is 0 Å². The lowest BCUT2D eigenvalue weighted by molar-refractivity contribution is -0.149. The second-order valence-corrected chi connectivity index (χ2v) is 5.26. The first-order valence-corrected chi connectivity index (χ1v) is 7.32. The molecule has 0 aliphatic carbocycles. The fraction of sp³-hybridized carbons (Fsp3) is 0.294. The van der Waals surface area contributed by atoms with Gasteiger partial charge in [-0.3, -0.25) is 10.1 Å². The molecule has 2 N–H and O–H groups in total. The zero-order chi connectivity index (χ0) is 18.1. The summed E-state index contributed by atoms with van der Waals surface area (Å²) in [6.07, 6.45) is 1.56. The monoisotopic (exact) mass is 329 g/mol. The Morgan fingerprint density at radius 2 is 1.79 bits per heavy atom. The highest BCUT2D eigenvalue weighted by molar-refractivity contribution is 5.98. The van der Waals surface area contributed by atoms with Crippen LogP contribution in [0.3, 0.4) is 0 Å². The lowest BCUT2D eigenvalue weighted by atomic mass is 10.1. The number of amides is 3. The highest BCUT2D eigenvalue weighted by Crippen LogP contribution is 2.05. The Balaban J connectivity index is 2.50. The maximum atomic E-state index is 11.7. The lowest BCUT2D eigenvalue weighted by Gasteiger charge is -2.13. The molecule has 7 nitrogen and oxygen atoms in total. The summed E-state index contributed by atoms with van der Waals surface area (Å²) in [4.78, 5) is 34.8. The molecule has 0 aliphatic rings. The summed E-state index contributed by atoms with van der Waals surface area (Å²) >= 11 is 0. The molecule has 0 saturated carbocycles. The molecule has 0 saturated heterocycles. The largest absolute Gasteiger partial charge is 0.449 e. The molecule has 0 heterocycles. The van der Waals surface area contributed by atoms with Crippen molar-refractivity contribution in [3.05, 3.63) is 41.5 Å². The van der Waals surface area contributed by atoms with E-state index in [4.69, 9.17) is 10.00 Å². The third kappa shape index (κ3) is 6.75. The van der Waals surface area contributed by atoms with Gasteiger partial charge in [0.05, 0.1) is 11.6 Å². The summed E-state index contributed by atoms with van der Waals surface area (Å²) < 4.78 is 4.91. The highest BCUT2D eigenvalue weighted by atomic mass is 16.5. The number of nitriles is 1. The van der Waals surface area contributed by atoms with Crippen molar-refractivity contribution in [1.29, 1.82) is 5.26 Å². The van der Waals surface area contributed by atoms with Crippen LogP contribution in [0.2, 0.25) is 0 Å². The van der Waals surface area contributed by atoms with Crippen molar-refractivity contribution >= 4 is 24.0 Å². The van der Waals surface area contributed by atoms with Gasteiger partial charge in [-0.05, 0) is 44.5 Å². The maximum Gasteiger partial charge on any atom is 0.331 e. The van der Waals surface area contributed by atoms with Crippen molar-refractivity contribution in [2.75, 3.05) is 0 Å². The van der Waals surface area contributed by atoms with Crippen LogP contribution < -0.4 is 10.6 Å². The minimum absolute atomic E-state index is 0.119. The standard InChI is InChI=1S/C17H19N3O4/c1-11(2)19-17(23)20-16(22)12(3)24-15(21)9-8-13-4-6-14(10-18)7-5-13/h4-9,11-12H,1-3H3,(H2,19,20,22,23)/b9-8+/t12-/m1/s1. The summed E-state index contributed by atoms with van der Waals surface area (Å²) in [6.45, 7) is 4.87. The van der Waals surface area contributed by atoms with E-state index in [1.807, 2.05) is 6.07 Å². The van der Waals surface area contributed by atoms with E-state index in [0.717, 1.165) is 0 Å². The fourth-order valence-electron chi connectivity index (χ4n) is 1.61. The maximum absolute atomic E-state index is 11.7. The molecule has 0 fully saturated rings. The number of carbonyl (C=O) groups is 3. The Hall–Kier alpha value is -3.14. The van der Waals surface area contributed by atoms with Crippen molar-refractivity contribution in [1.82, 2.24) is 10.6 Å². The molecule has 126 valence electrons. The van der Waals surface area contributed by atoms with Crippen molar-refractivity contribution in [3.63, 3.8) is 0 Å². The van der Waals surface area contributed by atoms with Gasteiger partial charge in [-0.2, -0.15) is 5.26 Å². The second-order valence-electron chi connectivity index (χ2n) is 5.26. The quantitative estimate of drug-likeness (QED) is 0.632. The van der Waals surface area contributed by atoms with Gasteiger partial charge in [-0.1, -0.05) is 12.1 Å². The molecule has 7 heteroatoms. The molecule has 0 radical (unpaired) electrons. The number of nitrogens with zero attached hydrogens (tertiary/aromatic N) is 1. The number of nitrogens with one attached hydrogen (secondary N) is 2. The van der Waals surface area contributed by atoms with E-state index >= 15 is 0 Å². The third-order valence-electron chi connectivity index (χ3n) is 2.77. The zero-order valence-electron chi connectivity index (χ0n) is 13.7. The van der Waals surface area contributed by atoms with Crippen molar-refractivity contribution in [2.45, 2.75) is 32.9 Å². The third-order valence-corrected chi connectivity index (χ3v) is 2.77. The van der Waals surface area contributed by atoms with Crippen LogP contribution >= 0.6 is 0 Å². The first-order valence-electron chi connectivity index (χ1n) is 7.32. The van der Waals surface area contributed by atoms with E-state index < -0.39 is 24.0 Å². The van der Waals surface area contributed by atoms with Crippen LogP contribution in [-0.4, -0.2) is 30.1 Å². The van der Waals surface area contributed by atoms with Gasteiger partial charge in [0.1, 0.15) is 0 Å². The second kappa shape index (κ2) is 9.10. The number of hydrogen-bond donors (Lipinski definition) is 2. The number of benzene rings is 1. The lowest BCUT2D eigenvalue weighted by Crippen LogP contribution is -2.46. The zero-order valence-corrected chi connectivity index (χ0v) is 13.7. The van der Waals surface area contributed by atoms with E-state index in [2.05, 4.69) is 10.6 Å². The SMILES string of the molecule is CC(C)NC(=O)NC(=O)[C@@H](C)OC(=O)/C=C/c1ccc(C#N)cc1. The van der Waals surface area contributed by atoms with Crippen molar-refractivity contribution in [3.8, 4) is 6.07 Å². The van der Waals surface area contributed by atoms with Gasteiger partial charge in [0.2, 0.25) is 0 Å². The molecule has 24 heavy (non-hydrogen) atoms. The summed E-state index contributed by atoms with van der Waals surface area (Å²) in [5.41, 5.74) is 1.22. The number of urea groups is 1. The average Bonchev–Trinajstić information content (AvgIpc) is 2.52. The highest BCUT2D eigenvalue weighted by Gasteiger charge is 2.19. The molecular formula is C17H19N3O4. The minimum atomic E-state index is -1.11. The number of hydrogen-bond acceptors (Lipinski definition) is 5. The van der Waals surface area contributed by atoms with Gasteiger partial charge >= 0.3 is 12.0 Å². The Kier molecular flexibility index (Phi) is 7.17. The van der Waals surface area contributed by atoms with Crippen molar-refractivity contribution in [2.24, 2.45) is 0 Å². The number of imide groups is 1. The smallest absolute Gasteiger partial charge is 0.331 e. The molecule has 1 aromatic rings. The van der Waals surface area contributed by atoms with Gasteiger partial charge < -0.3 is 10.1 Å². The Labute approximate surface area is 140 Å². The predicted octanol–water partition coefficient (Wildman–Crippen LogP) is 1.74. The van der Waals surface area contributed by atoms with Gasteiger partial charge in [0.15, 0.2) is 6.10 Å². The first-order chi connectivity index (χ1) is 11.3. The average molecular weight is 329 g/mol. The molecule has 0 unspecified atom stereocenters.